The van der Waals surface area contributed by atoms with E-state index in [1.807, 2.05) is 6.92 Å². The van der Waals surface area contributed by atoms with E-state index in [1.54, 1.807) is 0 Å². The van der Waals surface area contributed by atoms with Gasteiger partial charge in [0.1, 0.15) is 11.6 Å². The highest BCUT2D eigenvalue weighted by Crippen LogP contribution is 2.34. The molecule has 3 aromatic rings. The molecule has 11 heteroatoms. The molecule has 0 bridgehead atoms. The molecule has 0 unspecified atom stereocenters. The highest BCUT2D eigenvalue weighted by molar-refractivity contribution is 5.66. The van der Waals surface area contributed by atoms with Crippen LogP contribution in [0.15, 0.2) is 55.1 Å². The number of ether oxygens (including phenoxy) is 2. The lowest BCUT2D eigenvalue weighted by molar-refractivity contribution is -0.192. The second-order valence-corrected chi connectivity index (χ2v) is 6.98. The summed E-state index contributed by atoms with van der Waals surface area (Å²) in [5.41, 5.74) is 0.0486. The summed E-state index contributed by atoms with van der Waals surface area (Å²) in [7, 11) is 0. The van der Waals surface area contributed by atoms with E-state index in [-0.39, 0.29) is 17.2 Å². The van der Waals surface area contributed by atoms with E-state index < -0.39 is 47.3 Å². The normalized spacial score (nSPS) is 11.9. The molecule has 0 amide bonds. The fourth-order valence-corrected chi connectivity index (χ4v) is 2.90. The Morgan fingerprint density at radius 3 is 2.18 bits per heavy atom. The minimum absolute atomic E-state index is 0.269. The van der Waals surface area contributed by atoms with Gasteiger partial charge in [-0.2, -0.15) is 8.78 Å². The minimum Gasteiger partial charge on any atom is -0.459 e. The quantitative estimate of drug-likeness (QED) is 0.247. The van der Waals surface area contributed by atoms with Gasteiger partial charge >= 0.3 is 6.11 Å². The average molecular weight is 486 g/mol. The zero-order valence-corrected chi connectivity index (χ0v) is 17.5. The zero-order valence-electron chi connectivity index (χ0n) is 17.5. The molecular weight excluding hydrogens is 469 g/mol. The number of aromatic nitrogens is 2. The summed E-state index contributed by atoms with van der Waals surface area (Å²) < 4.78 is 105. The van der Waals surface area contributed by atoms with Gasteiger partial charge in [-0.3, -0.25) is 0 Å². The number of hydrogen-bond donors (Lipinski definition) is 0. The average Bonchev–Trinajstić information content (AvgIpc) is 2.76. The molecule has 0 saturated heterocycles. The number of benzene rings is 2. The first kappa shape index (κ1) is 25.0. The summed E-state index contributed by atoms with van der Waals surface area (Å²) in [6, 6.07) is 3.97. The smallest absolute Gasteiger partial charge is 0.459 e. The Hall–Kier alpha value is -3.63. The van der Waals surface area contributed by atoms with Crippen molar-refractivity contribution < 1.29 is 40.2 Å². The number of allylic oxidation sites excluding steroid dienone is 1. The number of nitrogens with zero attached hydrogens (tertiary/aromatic N) is 2. The highest BCUT2D eigenvalue weighted by Gasteiger charge is 2.38. The molecule has 4 nitrogen and oxygen atoms in total. The number of halogens is 7. The Morgan fingerprint density at radius 1 is 0.971 bits per heavy atom. The van der Waals surface area contributed by atoms with E-state index >= 15 is 0 Å². The predicted molar refractivity (Wildman–Crippen MR) is 108 cm³/mol. The van der Waals surface area contributed by atoms with Gasteiger partial charge in [0.25, 0.3) is 6.43 Å². The molecule has 1 heterocycles. The maximum Gasteiger partial charge on any atom is 0.462 e. The largest absolute Gasteiger partial charge is 0.462 e. The van der Waals surface area contributed by atoms with Gasteiger partial charge < -0.3 is 9.47 Å². The lowest BCUT2D eigenvalue weighted by atomic mass is 10.0. The topological polar surface area (TPSA) is 44.2 Å². The second kappa shape index (κ2) is 10.5. The molecule has 0 spiro atoms. The number of alkyl halides is 4. The van der Waals surface area contributed by atoms with Crippen LogP contribution >= 0.6 is 0 Å². The van der Waals surface area contributed by atoms with E-state index in [4.69, 9.17) is 0 Å². The molecule has 0 aliphatic heterocycles. The van der Waals surface area contributed by atoms with E-state index in [9.17, 15) is 30.7 Å². The van der Waals surface area contributed by atoms with Gasteiger partial charge in [-0.25, -0.2) is 31.9 Å². The molecule has 0 atom stereocenters. The van der Waals surface area contributed by atoms with Crippen LogP contribution < -0.4 is 9.47 Å². The fraction of sp³-hybridized carbons (Fsp3) is 0.217. The van der Waals surface area contributed by atoms with Crippen LogP contribution in [0.25, 0.3) is 11.1 Å². The number of hydrogen-bond acceptors (Lipinski definition) is 4. The second-order valence-electron chi connectivity index (χ2n) is 6.98. The summed E-state index contributed by atoms with van der Waals surface area (Å²) in [4.78, 5) is 7.18. The van der Waals surface area contributed by atoms with E-state index in [1.165, 1.54) is 12.4 Å². The molecule has 0 aliphatic carbocycles. The molecule has 0 aliphatic rings. The van der Waals surface area contributed by atoms with Gasteiger partial charge in [0.2, 0.25) is 5.82 Å². The zero-order chi connectivity index (χ0) is 24.9. The Balaban J connectivity index is 1.80. The first-order valence-electron chi connectivity index (χ1n) is 9.89. The van der Waals surface area contributed by atoms with Gasteiger partial charge in [-0.1, -0.05) is 13.3 Å². The molecule has 180 valence electrons. The third kappa shape index (κ3) is 6.03. The minimum atomic E-state index is -3.97. The summed E-state index contributed by atoms with van der Waals surface area (Å²) in [5.74, 6) is -6.15. The molecule has 0 saturated carbocycles. The monoisotopic (exact) mass is 486 g/mol. The predicted octanol–water partition coefficient (Wildman–Crippen LogP) is 6.80. The van der Waals surface area contributed by atoms with Crippen molar-refractivity contribution in [2.24, 2.45) is 0 Å². The summed E-state index contributed by atoms with van der Waals surface area (Å²) in [5, 5.41) is 0. The van der Waals surface area contributed by atoms with Gasteiger partial charge in [0, 0.05) is 30.1 Å². The number of rotatable bonds is 9. The summed E-state index contributed by atoms with van der Waals surface area (Å²) >= 11 is 0. The molecule has 1 aromatic heterocycles. The Morgan fingerprint density at radius 2 is 1.62 bits per heavy atom. The third-order valence-electron chi connectivity index (χ3n) is 4.41. The third-order valence-corrected chi connectivity index (χ3v) is 4.41. The maximum absolute atomic E-state index is 14.6. The van der Waals surface area contributed by atoms with Crippen LogP contribution in [0, 0.1) is 17.5 Å². The summed E-state index contributed by atoms with van der Waals surface area (Å²) in [6.07, 6.45) is -2.30. The van der Waals surface area contributed by atoms with Crippen molar-refractivity contribution in [3.05, 3.63) is 83.9 Å². The highest BCUT2D eigenvalue weighted by atomic mass is 19.3. The summed E-state index contributed by atoms with van der Waals surface area (Å²) in [6.45, 7) is 1.91. The Labute approximate surface area is 189 Å². The first-order chi connectivity index (χ1) is 16.1. The van der Waals surface area contributed by atoms with Crippen LogP contribution in [-0.2, 0) is 12.5 Å². The molecule has 0 radical (unpaired) electrons. The fourth-order valence-electron chi connectivity index (χ4n) is 2.90. The molecule has 2 aromatic carbocycles. The van der Waals surface area contributed by atoms with Gasteiger partial charge in [0.15, 0.2) is 17.4 Å². The van der Waals surface area contributed by atoms with Crippen LogP contribution in [0.5, 0.6) is 11.5 Å². The molecule has 0 N–H and O–H groups in total. The SMILES string of the molecule is CCCc1cnc(C(F)(F)Oc2ccc(-c3cc(F)c(OC=CC(F)F)c(F)c3)c(F)c2)nc1. The van der Waals surface area contributed by atoms with Crippen LogP contribution in [0.3, 0.4) is 0 Å². The van der Waals surface area contributed by atoms with Crippen LogP contribution in [-0.4, -0.2) is 16.4 Å². The molecular formula is C23H17F7N2O2. The lowest BCUT2D eigenvalue weighted by Crippen LogP contribution is -2.25. The van der Waals surface area contributed by atoms with Gasteiger partial charge in [0.05, 0.1) is 6.26 Å². The van der Waals surface area contributed by atoms with Gasteiger partial charge in [-0.15, -0.1) is 0 Å². The Bertz CT molecular complexity index is 1150. The van der Waals surface area contributed by atoms with Crippen molar-refractivity contribution in [2.45, 2.75) is 32.3 Å². The van der Waals surface area contributed by atoms with E-state index in [0.29, 0.717) is 36.4 Å². The lowest BCUT2D eigenvalue weighted by Gasteiger charge is -2.17. The van der Waals surface area contributed by atoms with Crippen molar-refractivity contribution >= 4 is 0 Å². The Kier molecular flexibility index (Phi) is 7.75. The van der Waals surface area contributed by atoms with Crippen molar-refractivity contribution in [2.75, 3.05) is 0 Å². The first-order valence-corrected chi connectivity index (χ1v) is 9.89. The standard InChI is InChI=1S/C23H17F7N2O2/c1-2-3-13-11-31-22(32-12-13)23(29,30)34-15-4-5-16(17(24)10-15)14-8-18(25)21(19(26)9-14)33-7-6-20(27)28/h4-12,20H,2-3H2,1H3. The van der Waals surface area contributed by atoms with Gasteiger partial charge in [-0.05, 0) is 41.8 Å². The van der Waals surface area contributed by atoms with E-state index in [2.05, 4.69) is 19.4 Å². The van der Waals surface area contributed by atoms with Crippen molar-refractivity contribution in [1.82, 2.24) is 9.97 Å². The van der Waals surface area contributed by atoms with Crippen LogP contribution in [0.1, 0.15) is 24.7 Å². The maximum atomic E-state index is 14.6. The number of aryl methyl sites for hydroxylation is 1. The van der Waals surface area contributed by atoms with E-state index in [0.717, 1.165) is 18.6 Å². The molecule has 0 fully saturated rings. The van der Waals surface area contributed by atoms with Crippen LogP contribution in [0.2, 0.25) is 0 Å². The molecule has 34 heavy (non-hydrogen) atoms. The molecule has 3 rings (SSSR count). The van der Waals surface area contributed by atoms with Crippen molar-refractivity contribution in [3.63, 3.8) is 0 Å². The van der Waals surface area contributed by atoms with Crippen LogP contribution in [0.4, 0.5) is 30.7 Å². The van der Waals surface area contributed by atoms with Crippen molar-refractivity contribution in [3.8, 4) is 22.6 Å². The van der Waals surface area contributed by atoms with Crippen molar-refractivity contribution in [1.29, 1.82) is 0 Å².